The second-order valence-electron chi connectivity index (χ2n) is 10.4. The smallest absolute Gasteiger partial charge is 0.270 e. The lowest BCUT2D eigenvalue weighted by Gasteiger charge is -2.26. The summed E-state index contributed by atoms with van der Waals surface area (Å²) in [7, 11) is 1.99. The predicted molar refractivity (Wildman–Crippen MR) is 162 cm³/mol. The predicted octanol–water partition coefficient (Wildman–Crippen LogP) is 5.74. The van der Waals surface area contributed by atoms with E-state index in [-0.39, 0.29) is 8.76 Å². The Hall–Kier alpha value is -3.95. The van der Waals surface area contributed by atoms with Gasteiger partial charge in [-0.25, -0.2) is 4.98 Å². The van der Waals surface area contributed by atoms with Gasteiger partial charge in [0.25, 0.3) is 5.91 Å². The number of nitrogens with zero attached hydrogens (tertiary/aromatic N) is 4. The third-order valence-electron chi connectivity index (χ3n) is 7.27. The second kappa shape index (κ2) is 12.5. The summed E-state index contributed by atoms with van der Waals surface area (Å²) >= 11 is 0. The molecule has 0 unspecified atom stereocenters. The molecule has 0 saturated carbocycles. The van der Waals surface area contributed by atoms with Crippen molar-refractivity contribution in [3.05, 3.63) is 71.5 Å². The highest BCUT2D eigenvalue weighted by Gasteiger charge is 2.14. The van der Waals surface area contributed by atoms with Crippen molar-refractivity contribution in [1.29, 1.82) is 0 Å². The normalized spacial score (nSPS) is 14.0. The number of amides is 1. The van der Waals surface area contributed by atoms with Crippen LogP contribution in [-0.4, -0.2) is 64.7 Å². The molecule has 1 fully saturated rings. The fourth-order valence-corrected chi connectivity index (χ4v) is 4.99. The van der Waals surface area contributed by atoms with Crippen LogP contribution < -0.4 is 15.4 Å². The van der Waals surface area contributed by atoms with Gasteiger partial charge in [0.05, 0.1) is 24.2 Å². The van der Waals surface area contributed by atoms with Gasteiger partial charge in [-0.1, -0.05) is 26.8 Å². The summed E-state index contributed by atoms with van der Waals surface area (Å²) in [5, 5.41) is 6.43. The largest absolute Gasteiger partial charge is 0.457 e. The highest BCUT2D eigenvalue weighted by Crippen LogP contribution is 2.30. The minimum atomic E-state index is -0.220. The number of benzene rings is 2. The molecule has 0 aliphatic carbocycles. The van der Waals surface area contributed by atoms with Crippen LogP contribution >= 0.6 is 0 Å². The lowest BCUT2D eigenvalue weighted by Crippen LogP contribution is -2.41. The molecule has 40 heavy (non-hydrogen) atoms. The van der Waals surface area contributed by atoms with Gasteiger partial charge in [-0.05, 0) is 53.8 Å². The van der Waals surface area contributed by atoms with Gasteiger partial charge in [-0.3, -0.25) is 14.7 Å². The van der Waals surface area contributed by atoms with E-state index in [2.05, 4.69) is 59.5 Å². The number of anilines is 2. The van der Waals surface area contributed by atoms with Crippen molar-refractivity contribution in [2.24, 2.45) is 7.05 Å². The summed E-state index contributed by atoms with van der Waals surface area (Å²) in [6.07, 6.45) is 2.60. The topological polar surface area (TPSA) is 93.5 Å². The molecule has 214 valence electrons. The van der Waals surface area contributed by atoms with E-state index in [0.717, 1.165) is 61.9 Å². The molecule has 1 aliphatic rings. The zero-order chi connectivity index (χ0) is 28.1. The van der Waals surface area contributed by atoms with Gasteiger partial charge in [-0.2, -0.15) is 0 Å². The van der Waals surface area contributed by atoms with Crippen molar-refractivity contribution >= 4 is 28.6 Å². The first-order valence-corrected chi connectivity index (χ1v) is 14.0. The molecule has 4 aromatic rings. The molecule has 0 spiro atoms. The van der Waals surface area contributed by atoms with Crippen LogP contribution in [0.4, 0.5) is 11.6 Å². The molecule has 0 bridgehead atoms. The number of imidazole rings is 1. The van der Waals surface area contributed by atoms with Crippen molar-refractivity contribution in [2.75, 3.05) is 44.7 Å². The minimum absolute atomic E-state index is 0. The van der Waals surface area contributed by atoms with Gasteiger partial charge in [-0.15, -0.1) is 0 Å². The zero-order valence-corrected chi connectivity index (χ0v) is 23.7. The maximum absolute atomic E-state index is 12.7. The van der Waals surface area contributed by atoms with Crippen LogP contribution in [0.15, 0.2) is 54.7 Å². The number of aromatic nitrogens is 3. The fourth-order valence-electron chi connectivity index (χ4n) is 4.99. The number of fused-ring (bicyclic) bond motifs is 1. The summed E-state index contributed by atoms with van der Waals surface area (Å²) < 4.78 is 13.5. The van der Waals surface area contributed by atoms with Crippen LogP contribution in [0, 0.1) is 0 Å². The van der Waals surface area contributed by atoms with E-state index >= 15 is 0 Å². The third kappa shape index (κ3) is 6.43. The van der Waals surface area contributed by atoms with Gasteiger partial charge in [0.1, 0.15) is 17.2 Å². The number of ether oxygens (including phenoxy) is 2. The average Bonchev–Trinajstić information content (AvgIpc) is 3.27. The standard InChI is InChI=1S/C31H38N6O3.2H2/c1-5-22-6-7-23(18-26(22)21(2)3)34-31-35-27-19-24(8-9-29(27)36(31)4)40-25-10-11-32-28(20-25)30(38)33-12-13-37-14-16-39-17-15-37;;/h6-11,18-21H,5,12-17H2,1-4H3,(H,33,38)(H,34,35);2*1H. The van der Waals surface area contributed by atoms with Crippen LogP contribution in [0.1, 0.15) is 51.2 Å². The fraction of sp³-hybridized carbons (Fsp3) is 0.387. The van der Waals surface area contributed by atoms with E-state index in [1.165, 1.54) is 11.1 Å². The lowest BCUT2D eigenvalue weighted by atomic mass is 9.95. The number of carbonyl (C=O) groups excluding carboxylic acids is 1. The molecule has 5 rings (SSSR count). The molecule has 2 aromatic heterocycles. The summed E-state index contributed by atoms with van der Waals surface area (Å²) in [6, 6.07) is 15.7. The molecule has 3 heterocycles. The number of pyridine rings is 1. The Bertz CT molecular complexity index is 1490. The van der Waals surface area contributed by atoms with E-state index in [1.807, 2.05) is 29.8 Å². The van der Waals surface area contributed by atoms with Crippen molar-refractivity contribution in [2.45, 2.75) is 33.1 Å². The number of carbonyl (C=O) groups is 1. The SMILES string of the molecule is CCc1ccc(Nc2nc3cc(Oc4ccnc(C(=O)NCCN5CCOCC5)c4)ccc3n2C)cc1C(C)C.[HH].[HH]. The molecule has 1 aliphatic heterocycles. The van der Waals surface area contributed by atoms with Crippen LogP contribution in [0.3, 0.4) is 0 Å². The molecule has 1 amide bonds. The maximum Gasteiger partial charge on any atom is 0.270 e. The van der Waals surface area contributed by atoms with Crippen molar-refractivity contribution in [1.82, 2.24) is 24.8 Å². The highest BCUT2D eigenvalue weighted by atomic mass is 16.5. The van der Waals surface area contributed by atoms with E-state index in [9.17, 15) is 4.79 Å². The quantitative estimate of drug-likeness (QED) is 0.262. The summed E-state index contributed by atoms with van der Waals surface area (Å²) in [5.74, 6) is 2.16. The van der Waals surface area contributed by atoms with Crippen molar-refractivity contribution in [3.63, 3.8) is 0 Å². The van der Waals surface area contributed by atoms with E-state index < -0.39 is 0 Å². The Morgan fingerprint density at radius 3 is 2.67 bits per heavy atom. The molecule has 9 heteroatoms. The lowest BCUT2D eigenvalue weighted by molar-refractivity contribution is 0.0383. The number of morpholine rings is 1. The van der Waals surface area contributed by atoms with Crippen molar-refractivity contribution in [3.8, 4) is 11.5 Å². The Morgan fingerprint density at radius 2 is 1.90 bits per heavy atom. The van der Waals surface area contributed by atoms with E-state index in [4.69, 9.17) is 14.5 Å². The molecular formula is C31H42N6O3. The summed E-state index contributed by atoms with van der Waals surface area (Å²) in [6.45, 7) is 11.2. The monoisotopic (exact) mass is 546 g/mol. The Balaban J connectivity index is 0.00000242. The van der Waals surface area contributed by atoms with Gasteiger partial charge >= 0.3 is 0 Å². The van der Waals surface area contributed by atoms with E-state index in [0.29, 0.717) is 29.7 Å². The number of aryl methyl sites for hydroxylation is 2. The number of hydrogen-bond acceptors (Lipinski definition) is 7. The summed E-state index contributed by atoms with van der Waals surface area (Å²) in [4.78, 5) is 24.0. The van der Waals surface area contributed by atoms with Gasteiger partial charge in [0.15, 0.2) is 0 Å². The van der Waals surface area contributed by atoms with Gasteiger partial charge in [0.2, 0.25) is 5.95 Å². The molecule has 0 atom stereocenters. The van der Waals surface area contributed by atoms with Crippen LogP contribution in [-0.2, 0) is 18.2 Å². The maximum atomic E-state index is 12.7. The second-order valence-corrected chi connectivity index (χ2v) is 10.4. The van der Waals surface area contributed by atoms with Crippen LogP contribution in [0.2, 0.25) is 0 Å². The Morgan fingerprint density at radius 1 is 1.10 bits per heavy atom. The van der Waals surface area contributed by atoms with Crippen LogP contribution in [0.25, 0.3) is 11.0 Å². The van der Waals surface area contributed by atoms with Gasteiger partial charge < -0.3 is 24.7 Å². The molecule has 0 radical (unpaired) electrons. The van der Waals surface area contributed by atoms with Crippen LogP contribution in [0.5, 0.6) is 11.5 Å². The summed E-state index contributed by atoms with van der Waals surface area (Å²) in [5.41, 5.74) is 5.86. The Kier molecular flexibility index (Phi) is 8.62. The van der Waals surface area contributed by atoms with E-state index in [1.54, 1.807) is 18.3 Å². The molecule has 2 aromatic carbocycles. The number of nitrogens with one attached hydrogen (secondary N) is 2. The minimum Gasteiger partial charge on any atom is -0.457 e. The van der Waals surface area contributed by atoms with Crippen molar-refractivity contribution < 1.29 is 17.1 Å². The molecule has 1 saturated heterocycles. The molecule has 2 N–H and O–H groups in total. The molecular weight excluding hydrogens is 504 g/mol. The average molecular weight is 547 g/mol. The molecule has 9 nitrogen and oxygen atoms in total. The third-order valence-corrected chi connectivity index (χ3v) is 7.27. The first kappa shape index (κ1) is 27.6. The first-order valence-electron chi connectivity index (χ1n) is 14.0. The number of rotatable bonds is 10. The highest BCUT2D eigenvalue weighted by molar-refractivity contribution is 5.92. The zero-order valence-electron chi connectivity index (χ0n) is 23.7. The first-order chi connectivity index (χ1) is 19.4. The number of hydrogen-bond donors (Lipinski definition) is 2. The van der Waals surface area contributed by atoms with Gasteiger partial charge in [0, 0.05) is 60.1 Å². The Labute approximate surface area is 238 Å².